The minimum absolute atomic E-state index is 0.133. The summed E-state index contributed by atoms with van der Waals surface area (Å²) in [4.78, 5) is 19.2. The molecule has 2 heterocycles. The van der Waals surface area contributed by atoms with E-state index >= 15 is 0 Å². The van der Waals surface area contributed by atoms with E-state index in [-0.39, 0.29) is 47.7 Å². The van der Waals surface area contributed by atoms with Gasteiger partial charge in [0, 0.05) is 31.7 Å². The summed E-state index contributed by atoms with van der Waals surface area (Å²) >= 11 is 0. The molecule has 1 atom stereocenters. The molecule has 176 valence electrons. The summed E-state index contributed by atoms with van der Waals surface area (Å²) in [6.07, 6.45) is 0. The van der Waals surface area contributed by atoms with Crippen molar-refractivity contribution in [1.29, 1.82) is 0 Å². The zero-order valence-corrected chi connectivity index (χ0v) is 20.3. The molecule has 9 nitrogen and oxygen atoms in total. The summed E-state index contributed by atoms with van der Waals surface area (Å²) in [5, 5.41) is 0. The minimum atomic E-state index is -3.69. The highest BCUT2D eigenvalue weighted by Crippen LogP contribution is 2.23. The number of amidine groups is 1. The Balaban J connectivity index is 1.44. The van der Waals surface area contributed by atoms with Crippen molar-refractivity contribution in [2.75, 3.05) is 26.2 Å². The second-order valence-corrected chi connectivity index (χ2v) is 11.8. The molecular weight excluding hydrogens is 464 g/mol. The van der Waals surface area contributed by atoms with Crippen LogP contribution in [0.3, 0.4) is 0 Å². The lowest BCUT2D eigenvalue weighted by Gasteiger charge is -2.34. The maximum Gasteiger partial charge on any atom is 0.263 e. The Morgan fingerprint density at radius 1 is 1.03 bits per heavy atom. The van der Waals surface area contributed by atoms with Gasteiger partial charge >= 0.3 is 0 Å². The van der Waals surface area contributed by atoms with Crippen LogP contribution in [0.1, 0.15) is 23.6 Å². The first-order valence-corrected chi connectivity index (χ1v) is 13.5. The third kappa shape index (κ3) is 4.40. The maximum absolute atomic E-state index is 13.0. The molecule has 0 aromatic heterocycles. The standard InChI is InChI=1S/C22H26N4O5S2/c1-15-8-9-18(14-16(15)2)33(30,31)26-12-10-25(11-13-26)22(27)17(3)23-21-19-6-4-5-7-20(19)32(28,29)24-21/h4-9,14,17H,10-13H2,1-3H3,(H,23,24)/t17-/m0/s1. The van der Waals surface area contributed by atoms with Crippen molar-refractivity contribution >= 4 is 31.8 Å². The summed E-state index contributed by atoms with van der Waals surface area (Å²) < 4.78 is 54.3. The molecule has 4 rings (SSSR count). The van der Waals surface area contributed by atoms with Crippen molar-refractivity contribution in [3.63, 3.8) is 0 Å². The van der Waals surface area contributed by atoms with Gasteiger partial charge in [-0.15, -0.1) is 0 Å². The summed E-state index contributed by atoms with van der Waals surface area (Å²) in [5.41, 5.74) is 2.36. The van der Waals surface area contributed by atoms with Gasteiger partial charge in [-0.2, -0.15) is 4.31 Å². The zero-order chi connectivity index (χ0) is 24.0. The Bertz CT molecular complexity index is 1340. The van der Waals surface area contributed by atoms with E-state index in [1.54, 1.807) is 48.2 Å². The molecule has 0 saturated carbocycles. The number of sulfonamides is 2. The van der Waals surface area contributed by atoms with Gasteiger partial charge < -0.3 is 4.90 Å². The van der Waals surface area contributed by atoms with Gasteiger partial charge in [-0.1, -0.05) is 18.2 Å². The van der Waals surface area contributed by atoms with Gasteiger partial charge in [0.05, 0.1) is 9.79 Å². The number of nitrogens with one attached hydrogen (secondary N) is 1. The van der Waals surface area contributed by atoms with Crippen LogP contribution >= 0.6 is 0 Å². The number of fused-ring (bicyclic) bond motifs is 1. The molecule has 0 spiro atoms. The molecule has 2 aromatic carbocycles. The molecule has 1 N–H and O–H groups in total. The third-order valence-corrected chi connectivity index (χ3v) is 9.30. The van der Waals surface area contributed by atoms with Crippen LogP contribution in [0.15, 0.2) is 57.2 Å². The van der Waals surface area contributed by atoms with Gasteiger partial charge in [-0.05, 0) is 56.2 Å². The molecule has 2 aromatic rings. The molecule has 0 radical (unpaired) electrons. The predicted molar refractivity (Wildman–Crippen MR) is 124 cm³/mol. The lowest BCUT2D eigenvalue weighted by Crippen LogP contribution is -2.52. The van der Waals surface area contributed by atoms with Gasteiger partial charge in [-0.25, -0.2) is 16.8 Å². The van der Waals surface area contributed by atoms with Crippen molar-refractivity contribution < 1.29 is 21.6 Å². The van der Waals surface area contributed by atoms with Crippen LogP contribution in [0.4, 0.5) is 0 Å². The predicted octanol–water partition coefficient (Wildman–Crippen LogP) is 1.26. The number of carbonyl (C=O) groups is 1. The van der Waals surface area contributed by atoms with Crippen molar-refractivity contribution in [1.82, 2.24) is 13.9 Å². The molecule has 1 saturated heterocycles. The van der Waals surface area contributed by atoms with Crippen molar-refractivity contribution in [2.24, 2.45) is 4.99 Å². The summed E-state index contributed by atoms with van der Waals surface area (Å²) in [7, 11) is -7.33. The Kier molecular flexibility index (Phi) is 6.06. The van der Waals surface area contributed by atoms with Crippen molar-refractivity contribution in [3.05, 3.63) is 59.2 Å². The van der Waals surface area contributed by atoms with E-state index in [4.69, 9.17) is 0 Å². The number of rotatable bonds is 4. The summed E-state index contributed by atoms with van der Waals surface area (Å²) in [6, 6.07) is 10.7. The van der Waals surface area contributed by atoms with Crippen LogP contribution < -0.4 is 4.72 Å². The summed E-state index contributed by atoms with van der Waals surface area (Å²) in [5.74, 6) is -0.142. The van der Waals surface area contributed by atoms with Crippen molar-refractivity contribution in [3.8, 4) is 0 Å². The minimum Gasteiger partial charge on any atom is -0.338 e. The van der Waals surface area contributed by atoms with E-state index in [0.29, 0.717) is 5.56 Å². The van der Waals surface area contributed by atoms with Gasteiger partial charge in [0.2, 0.25) is 15.9 Å². The lowest BCUT2D eigenvalue weighted by atomic mass is 10.1. The highest BCUT2D eigenvalue weighted by Gasteiger charge is 2.34. The Morgan fingerprint density at radius 2 is 1.70 bits per heavy atom. The zero-order valence-electron chi connectivity index (χ0n) is 18.6. The number of amides is 1. The monoisotopic (exact) mass is 490 g/mol. The first kappa shape index (κ1) is 23.4. The fourth-order valence-corrected chi connectivity index (χ4v) is 6.66. The van der Waals surface area contributed by atoms with Crippen LogP contribution in [0, 0.1) is 13.8 Å². The quantitative estimate of drug-likeness (QED) is 0.693. The number of carbonyl (C=O) groups excluding carboxylic acids is 1. The van der Waals surface area contributed by atoms with Gasteiger partial charge in [0.25, 0.3) is 10.0 Å². The molecule has 2 aliphatic rings. The number of aliphatic imine (C=N–C) groups is 1. The molecule has 33 heavy (non-hydrogen) atoms. The molecule has 0 unspecified atom stereocenters. The van der Waals surface area contributed by atoms with E-state index in [1.807, 2.05) is 13.8 Å². The largest absolute Gasteiger partial charge is 0.338 e. The molecular formula is C22H26N4O5S2. The number of benzene rings is 2. The van der Waals surface area contributed by atoms with E-state index < -0.39 is 26.1 Å². The topological polar surface area (TPSA) is 116 Å². The lowest BCUT2D eigenvalue weighted by molar-refractivity contribution is -0.133. The second-order valence-electron chi connectivity index (χ2n) is 8.23. The molecule has 1 fully saturated rings. The number of hydrogen-bond donors (Lipinski definition) is 1. The molecule has 2 aliphatic heterocycles. The van der Waals surface area contributed by atoms with E-state index in [9.17, 15) is 21.6 Å². The number of nitrogens with zero attached hydrogens (tertiary/aromatic N) is 3. The molecule has 0 aliphatic carbocycles. The Morgan fingerprint density at radius 3 is 2.36 bits per heavy atom. The highest BCUT2D eigenvalue weighted by atomic mass is 32.2. The van der Waals surface area contributed by atoms with Crippen molar-refractivity contribution in [2.45, 2.75) is 36.6 Å². The van der Waals surface area contributed by atoms with Crippen LogP contribution in [0.25, 0.3) is 0 Å². The van der Waals surface area contributed by atoms with Crippen LogP contribution in [-0.2, 0) is 24.8 Å². The molecule has 0 bridgehead atoms. The SMILES string of the molecule is Cc1ccc(S(=O)(=O)N2CCN(C(=O)[C@H](C)N=C3NS(=O)(=O)c4ccccc43)CC2)cc1C. The maximum atomic E-state index is 13.0. The number of hydrogen-bond acceptors (Lipinski definition) is 6. The van der Waals surface area contributed by atoms with E-state index in [0.717, 1.165) is 11.1 Å². The average molecular weight is 491 g/mol. The number of piperazine rings is 1. The highest BCUT2D eigenvalue weighted by molar-refractivity contribution is 7.90. The second kappa shape index (κ2) is 8.54. The fourth-order valence-electron chi connectivity index (χ4n) is 3.92. The smallest absolute Gasteiger partial charge is 0.263 e. The molecule has 11 heteroatoms. The van der Waals surface area contributed by atoms with Crippen LogP contribution in [0.2, 0.25) is 0 Å². The molecule has 1 amide bonds. The number of aryl methyl sites for hydroxylation is 2. The fraction of sp³-hybridized carbons (Fsp3) is 0.364. The Hall–Kier alpha value is -2.76. The average Bonchev–Trinajstić information content (AvgIpc) is 3.05. The van der Waals surface area contributed by atoms with E-state index in [1.165, 1.54) is 10.4 Å². The van der Waals surface area contributed by atoms with Gasteiger partial charge in [0.1, 0.15) is 11.9 Å². The Labute approximate surface area is 194 Å². The van der Waals surface area contributed by atoms with Crippen LogP contribution in [-0.4, -0.2) is 70.0 Å². The first-order chi connectivity index (χ1) is 15.5. The first-order valence-electron chi connectivity index (χ1n) is 10.6. The normalized spacial score (nSPS) is 20.3. The summed E-state index contributed by atoms with van der Waals surface area (Å²) in [6.45, 7) is 6.23. The third-order valence-electron chi connectivity index (χ3n) is 6.01. The van der Waals surface area contributed by atoms with Gasteiger partial charge in [-0.3, -0.25) is 14.5 Å². The van der Waals surface area contributed by atoms with E-state index in [2.05, 4.69) is 9.71 Å². The van der Waals surface area contributed by atoms with Crippen LogP contribution in [0.5, 0.6) is 0 Å². The van der Waals surface area contributed by atoms with Gasteiger partial charge in [0.15, 0.2) is 0 Å².